The first-order valence-corrected chi connectivity index (χ1v) is 7.19. The molecule has 0 fully saturated rings. The van der Waals surface area contributed by atoms with Crippen LogP contribution < -0.4 is 4.72 Å². The second kappa shape index (κ2) is 6.91. The van der Waals surface area contributed by atoms with E-state index in [0.717, 1.165) is 29.7 Å². The minimum absolute atomic E-state index is 0.0256. The van der Waals surface area contributed by atoms with Crippen molar-refractivity contribution in [1.82, 2.24) is 4.37 Å². The third kappa shape index (κ3) is 3.96. The van der Waals surface area contributed by atoms with Gasteiger partial charge in [0.15, 0.2) is 10.7 Å². The number of benzene rings is 1. The van der Waals surface area contributed by atoms with Gasteiger partial charge in [0.2, 0.25) is 0 Å². The molecule has 10 heteroatoms. The minimum Gasteiger partial charge on any atom is -0.483 e. The number of rotatable bonds is 3. The second-order valence-corrected chi connectivity index (χ2v) is 5.43. The topological polar surface area (TPSA) is 96.4 Å². The van der Waals surface area contributed by atoms with Crippen LogP contribution in [-0.4, -0.2) is 24.4 Å². The molecule has 0 saturated heterocycles. The number of carboxylic acid groups (broad SMARTS) is 1. The first-order valence-electron chi connectivity index (χ1n) is 4.87. The fourth-order valence-corrected chi connectivity index (χ4v) is 2.86. The molecule has 20 heavy (non-hydrogen) atoms. The predicted octanol–water partition coefficient (Wildman–Crippen LogP) is 1.92. The van der Waals surface area contributed by atoms with Crippen molar-refractivity contribution < 1.29 is 27.1 Å². The number of anilines is 1. The Labute approximate surface area is 116 Å². The zero-order chi connectivity index (χ0) is 15.2. The predicted molar refractivity (Wildman–Crippen MR) is 68.0 cm³/mol. The molecular weight excluding hydrogens is 314 g/mol. The van der Waals surface area contributed by atoms with Crippen molar-refractivity contribution in [1.29, 1.82) is 0 Å². The summed E-state index contributed by atoms with van der Waals surface area (Å²) in [6.45, 7) is -0.250. The Balaban J connectivity index is 0.000000612. The van der Waals surface area contributed by atoms with Gasteiger partial charge in [-0.05, 0) is 29.7 Å². The Kier molecular flexibility index (Phi) is 5.53. The summed E-state index contributed by atoms with van der Waals surface area (Å²) in [5.41, 5.74) is 0. The van der Waals surface area contributed by atoms with Crippen molar-refractivity contribution in [2.45, 2.75) is 4.90 Å². The molecule has 1 aromatic heterocycles. The first kappa shape index (κ1) is 16.0. The summed E-state index contributed by atoms with van der Waals surface area (Å²) in [5, 5.41) is 8.43. The second-order valence-electron chi connectivity index (χ2n) is 3.15. The van der Waals surface area contributed by atoms with Gasteiger partial charge >= 0.3 is 0 Å². The number of nitrogens with one attached hydrogen (secondary N) is 1. The summed E-state index contributed by atoms with van der Waals surface area (Å²) in [6.07, 6.45) is 0. The van der Waals surface area contributed by atoms with E-state index in [9.17, 15) is 17.2 Å². The van der Waals surface area contributed by atoms with Crippen LogP contribution in [-0.2, 0) is 14.8 Å². The normalized spacial score (nSPS) is 10.3. The summed E-state index contributed by atoms with van der Waals surface area (Å²) in [4.78, 5) is 7.35. The molecule has 2 aromatic rings. The van der Waals surface area contributed by atoms with Gasteiger partial charge in [-0.3, -0.25) is 9.52 Å². The Hall–Kier alpha value is -2.07. The third-order valence-corrected chi connectivity index (χ3v) is 3.83. The van der Waals surface area contributed by atoms with E-state index >= 15 is 0 Å². The Morgan fingerprint density at radius 3 is 2.25 bits per heavy atom. The maximum absolute atomic E-state index is 13.3. The summed E-state index contributed by atoms with van der Waals surface area (Å²) >= 11 is 1.02. The lowest BCUT2D eigenvalue weighted by Crippen LogP contribution is -2.16. The van der Waals surface area contributed by atoms with Crippen LogP contribution in [0.1, 0.15) is 0 Å². The minimum atomic E-state index is -4.30. The average Bonchev–Trinajstić information content (AvgIpc) is 2.81. The van der Waals surface area contributed by atoms with Crippen LogP contribution in [0.25, 0.3) is 0 Å². The molecule has 1 heterocycles. The van der Waals surface area contributed by atoms with Crippen molar-refractivity contribution in [3.63, 3.8) is 0 Å². The van der Waals surface area contributed by atoms with Gasteiger partial charge in [-0.25, -0.2) is 17.2 Å². The van der Waals surface area contributed by atoms with Gasteiger partial charge in [-0.2, -0.15) is 4.37 Å². The van der Waals surface area contributed by atoms with Gasteiger partial charge in [0.25, 0.3) is 16.5 Å². The van der Waals surface area contributed by atoms with Crippen LogP contribution in [0.4, 0.5) is 14.6 Å². The smallest absolute Gasteiger partial charge is 0.290 e. The Morgan fingerprint density at radius 2 is 1.80 bits per heavy atom. The number of hydrogen-bond acceptors (Lipinski definition) is 5. The van der Waals surface area contributed by atoms with Gasteiger partial charge in [0.05, 0.1) is 0 Å². The van der Waals surface area contributed by atoms with Crippen molar-refractivity contribution in [2.75, 3.05) is 4.72 Å². The van der Waals surface area contributed by atoms with Gasteiger partial charge in [0.1, 0.15) is 11.6 Å². The van der Waals surface area contributed by atoms with Crippen molar-refractivity contribution in [2.24, 2.45) is 0 Å². The molecule has 1 aromatic carbocycles. The summed E-state index contributed by atoms with van der Waals surface area (Å²) in [5.74, 6) is -2.27. The van der Waals surface area contributed by atoms with E-state index in [0.29, 0.717) is 0 Å². The number of carbonyl (C=O) groups is 1. The van der Waals surface area contributed by atoms with E-state index in [1.807, 2.05) is 4.72 Å². The van der Waals surface area contributed by atoms with Gasteiger partial charge in [0, 0.05) is 5.38 Å². The van der Waals surface area contributed by atoms with E-state index < -0.39 is 26.6 Å². The molecular formula is C10H8F2N2O4S2. The van der Waals surface area contributed by atoms with Crippen LogP contribution >= 0.6 is 11.5 Å². The molecule has 2 rings (SSSR count). The fraction of sp³-hybridized carbons (Fsp3) is 0. The maximum Gasteiger partial charge on any atom is 0.290 e. The number of aromatic nitrogens is 1. The van der Waals surface area contributed by atoms with Crippen molar-refractivity contribution in [3.05, 3.63) is 41.3 Å². The average molecular weight is 322 g/mol. The standard InChI is InChI=1S/C9H6F2N2O2S2.CH2O2/c10-6-2-1-3-7(11)9(6)17(14,15)13-8-4-5-16-12-8;2-1-3/h1-5H,(H,12,13);1H,(H,2,3). The molecule has 0 bridgehead atoms. The molecule has 0 atom stereocenters. The molecule has 0 spiro atoms. The molecule has 0 radical (unpaired) electrons. The molecule has 0 aliphatic rings. The molecule has 2 N–H and O–H groups in total. The van der Waals surface area contributed by atoms with Crippen molar-refractivity contribution in [3.8, 4) is 0 Å². The number of hydrogen-bond donors (Lipinski definition) is 2. The van der Waals surface area contributed by atoms with Crippen LogP contribution in [0.15, 0.2) is 34.5 Å². The molecule has 6 nitrogen and oxygen atoms in total. The quantitative estimate of drug-likeness (QED) is 0.842. The molecule has 0 amide bonds. The van der Waals surface area contributed by atoms with Crippen LogP contribution in [0.2, 0.25) is 0 Å². The fourth-order valence-electron chi connectivity index (χ4n) is 1.19. The third-order valence-electron chi connectivity index (χ3n) is 1.86. The lowest BCUT2D eigenvalue weighted by Gasteiger charge is -2.07. The number of halogens is 2. The van der Waals surface area contributed by atoms with Gasteiger partial charge < -0.3 is 5.11 Å². The molecule has 0 unspecified atom stereocenters. The SMILES string of the molecule is O=CO.O=S(=O)(Nc1ccsn1)c1c(F)cccc1F. The molecule has 0 aliphatic heterocycles. The van der Waals surface area contributed by atoms with Crippen molar-refractivity contribution >= 4 is 33.8 Å². The number of nitrogens with zero attached hydrogens (tertiary/aromatic N) is 1. The highest BCUT2D eigenvalue weighted by molar-refractivity contribution is 7.92. The lowest BCUT2D eigenvalue weighted by atomic mass is 10.3. The first-order chi connectivity index (χ1) is 9.42. The summed E-state index contributed by atoms with van der Waals surface area (Å²) in [7, 11) is -4.30. The van der Waals surface area contributed by atoms with E-state index in [1.165, 1.54) is 11.4 Å². The largest absolute Gasteiger partial charge is 0.483 e. The van der Waals surface area contributed by atoms with Gasteiger partial charge in [-0.1, -0.05) is 6.07 Å². The maximum atomic E-state index is 13.3. The summed E-state index contributed by atoms with van der Waals surface area (Å²) < 4.78 is 55.7. The molecule has 0 saturated carbocycles. The van der Waals surface area contributed by atoms with E-state index in [2.05, 4.69) is 4.37 Å². The Morgan fingerprint density at radius 1 is 1.25 bits per heavy atom. The van der Waals surface area contributed by atoms with Crippen LogP contribution in [0, 0.1) is 11.6 Å². The van der Waals surface area contributed by atoms with E-state index in [-0.39, 0.29) is 12.3 Å². The highest BCUT2D eigenvalue weighted by Crippen LogP contribution is 2.21. The van der Waals surface area contributed by atoms with E-state index in [4.69, 9.17) is 9.90 Å². The van der Waals surface area contributed by atoms with E-state index in [1.54, 1.807) is 0 Å². The lowest BCUT2D eigenvalue weighted by molar-refractivity contribution is -0.122. The van der Waals surface area contributed by atoms with Gasteiger partial charge in [-0.15, -0.1) is 0 Å². The summed E-state index contributed by atoms with van der Waals surface area (Å²) in [6, 6.07) is 4.23. The van der Waals surface area contributed by atoms with Crippen LogP contribution in [0.3, 0.4) is 0 Å². The molecule has 0 aliphatic carbocycles. The zero-order valence-electron chi connectivity index (χ0n) is 9.66. The zero-order valence-corrected chi connectivity index (χ0v) is 11.3. The molecule has 108 valence electrons. The highest BCUT2D eigenvalue weighted by Gasteiger charge is 2.24. The highest BCUT2D eigenvalue weighted by atomic mass is 32.2. The van der Waals surface area contributed by atoms with Crippen LogP contribution in [0.5, 0.6) is 0 Å². The Bertz CT molecular complexity index is 654. The number of sulfonamides is 1. The monoisotopic (exact) mass is 322 g/mol.